The zero-order chi connectivity index (χ0) is 13.2. The van der Waals surface area contributed by atoms with E-state index in [0.29, 0.717) is 18.8 Å². The number of carbonyl (C=O) groups is 1. The van der Waals surface area contributed by atoms with Crippen LogP contribution in [0, 0.1) is 5.92 Å². The summed E-state index contributed by atoms with van der Waals surface area (Å²) in [7, 11) is -2.95. The van der Waals surface area contributed by atoms with E-state index in [2.05, 4.69) is 5.32 Å². The van der Waals surface area contributed by atoms with E-state index in [0.717, 1.165) is 12.8 Å². The van der Waals surface area contributed by atoms with Crippen LogP contribution in [-0.4, -0.2) is 31.4 Å². The number of amides is 1. The molecule has 1 atom stereocenters. The van der Waals surface area contributed by atoms with Crippen molar-refractivity contribution < 1.29 is 13.2 Å². The highest BCUT2D eigenvalue weighted by Gasteiger charge is 2.39. The normalized spacial score (nSPS) is 32.3. The van der Waals surface area contributed by atoms with Crippen LogP contribution in [0.2, 0.25) is 0 Å². The first-order valence-corrected chi connectivity index (χ1v) is 8.72. The van der Waals surface area contributed by atoms with Crippen LogP contribution in [0.5, 0.6) is 0 Å². The maximum absolute atomic E-state index is 12.0. The molecular weight excluding hydrogens is 250 g/mol. The number of sulfone groups is 1. The topological polar surface area (TPSA) is 63.2 Å². The predicted octanol–water partition coefficient (Wildman–Crippen LogP) is 1.65. The third kappa shape index (κ3) is 3.70. The fraction of sp³-hybridized carbons (Fsp3) is 0.923. The Morgan fingerprint density at radius 3 is 2.50 bits per heavy atom. The van der Waals surface area contributed by atoms with E-state index in [-0.39, 0.29) is 17.4 Å². The van der Waals surface area contributed by atoms with Crippen LogP contribution in [0.3, 0.4) is 0 Å². The zero-order valence-corrected chi connectivity index (χ0v) is 11.9. The number of nitrogens with one attached hydrogen (secondary N) is 1. The van der Waals surface area contributed by atoms with Gasteiger partial charge < -0.3 is 5.32 Å². The van der Waals surface area contributed by atoms with Gasteiger partial charge in [-0.05, 0) is 32.1 Å². The minimum Gasteiger partial charge on any atom is -0.350 e. The van der Waals surface area contributed by atoms with Gasteiger partial charge in [-0.25, -0.2) is 8.42 Å². The molecule has 2 aliphatic rings. The van der Waals surface area contributed by atoms with Gasteiger partial charge in [0, 0.05) is 6.42 Å². The van der Waals surface area contributed by atoms with E-state index >= 15 is 0 Å². The minimum atomic E-state index is -2.95. The Labute approximate surface area is 109 Å². The zero-order valence-electron chi connectivity index (χ0n) is 11.1. The van der Waals surface area contributed by atoms with E-state index in [1.54, 1.807) is 0 Å². The van der Waals surface area contributed by atoms with Gasteiger partial charge in [0.2, 0.25) is 5.91 Å². The van der Waals surface area contributed by atoms with Gasteiger partial charge in [0.25, 0.3) is 0 Å². The average Bonchev–Trinajstić information content (AvgIpc) is 2.53. The average molecular weight is 273 g/mol. The van der Waals surface area contributed by atoms with Crippen molar-refractivity contribution in [2.75, 3.05) is 11.5 Å². The Kier molecular flexibility index (Phi) is 3.99. The lowest BCUT2D eigenvalue weighted by atomic mass is 9.86. The highest BCUT2D eigenvalue weighted by atomic mass is 32.2. The van der Waals surface area contributed by atoms with E-state index < -0.39 is 15.4 Å². The van der Waals surface area contributed by atoms with Crippen LogP contribution in [0.25, 0.3) is 0 Å². The molecule has 0 unspecified atom stereocenters. The van der Waals surface area contributed by atoms with E-state index in [1.165, 1.54) is 19.3 Å². The molecule has 5 heteroatoms. The summed E-state index contributed by atoms with van der Waals surface area (Å²) in [6.45, 7) is 1.84. The molecule has 0 aromatic carbocycles. The second kappa shape index (κ2) is 5.19. The van der Waals surface area contributed by atoms with Crippen LogP contribution in [0.1, 0.15) is 51.9 Å². The predicted molar refractivity (Wildman–Crippen MR) is 71.0 cm³/mol. The summed E-state index contributed by atoms with van der Waals surface area (Å²) in [4.78, 5) is 12.0. The van der Waals surface area contributed by atoms with Gasteiger partial charge in [-0.3, -0.25) is 4.79 Å². The first kappa shape index (κ1) is 13.8. The largest absolute Gasteiger partial charge is 0.350 e. The molecule has 1 aliphatic heterocycles. The highest BCUT2D eigenvalue weighted by Crippen LogP contribution is 2.27. The summed E-state index contributed by atoms with van der Waals surface area (Å²) in [5.41, 5.74) is -0.537. The quantitative estimate of drug-likeness (QED) is 0.850. The third-order valence-corrected chi connectivity index (χ3v) is 6.05. The molecule has 1 N–H and O–H groups in total. The van der Waals surface area contributed by atoms with Crippen molar-refractivity contribution in [2.24, 2.45) is 5.92 Å². The lowest BCUT2D eigenvalue weighted by Crippen LogP contribution is -2.47. The molecule has 104 valence electrons. The second-order valence-electron chi connectivity index (χ2n) is 6.16. The Morgan fingerprint density at radius 1 is 1.28 bits per heavy atom. The maximum Gasteiger partial charge on any atom is 0.220 e. The van der Waals surface area contributed by atoms with Gasteiger partial charge in [-0.1, -0.05) is 19.3 Å². The monoisotopic (exact) mass is 273 g/mol. The Bertz CT molecular complexity index is 412. The summed E-state index contributed by atoms with van der Waals surface area (Å²) in [6, 6.07) is 0. The SMILES string of the molecule is C[C@]1(NC(=O)CC2CCCCC2)CCS(=O)(=O)C1. The van der Waals surface area contributed by atoms with Crippen molar-refractivity contribution >= 4 is 15.7 Å². The first-order valence-electron chi connectivity index (χ1n) is 6.90. The molecule has 0 bridgehead atoms. The summed E-state index contributed by atoms with van der Waals surface area (Å²) in [5.74, 6) is 0.825. The fourth-order valence-corrected chi connectivity index (χ4v) is 5.24. The maximum atomic E-state index is 12.0. The van der Waals surface area contributed by atoms with Crippen LogP contribution < -0.4 is 5.32 Å². The van der Waals surface area contributed by atoms with Crippen LogP contribution in [-0.2, 0) is 14.6 Å². The van der Waals surface area contributed by atoms with Crippen molar-refractivity contribution in [3.05, 3.63) is 0 Å². The molecule has 1 amide bonds. The van der Waals surface area contributed by atoms with Gasteiger partial charge >= 0.3 is 0 Å². The number of hydrogen-bond acceptors (Lipinski definition) is 3. The number of rotatable bonds is 3. The molecule has 4 nitrogen and oxygen atoms in total. The third-order valence-electron chi connectivity index (χ3n) is 4.14. The molecule has 0 aromatic rings. The minimum absolute atomic E-state index is 0.0292. The van der Waals surface area contributed by atoms with E-state index in [4.69, 9.17) is 0 Å². The smallest absolute Gasteiger partial charge is 0.220 e. The van der Waals surface area contributed by atoms with Crippen molar-refractivity contribution in [3.8, 4) is 0 Å². The van der Waals surface area contributed by atoms with Crippen molar-refractivity contribution in [3.63, 3.8) is 0 Å². The number of carbonyl (C=O) groups excluding carboxylic acids is 1. The fourth-order valence-electron chi connectivity index (χ4n) is 3.15. The van der Waals surface area contributed by atoms with E-state index in [1.807, 2.05) is 6.92 Å². The van der Waals surface area contributed by atoms with Gasteiger partial charge in [0.05, 0.1) is 17.0 Å². The van der Waals surface area contributed by atoms with Gasteiger partial charge in [-0.15, -0.1) is 0 Å². The Morgan fingerprint density at radius 2 is 1.94 bits per heavy atom. The van der Waals surface area contributed by atoms with Gasteiger partial charge in [0.15, 0.2) is 9.84 Å². The molecule has 1 heterocycles. The molecule has 0 radical (unpaired) electrons. The van der Waals surface area contributed by atoms with Crippen molar-refractivity contribution in [1.29, 1.82) is 0 Å². The Balaban J connectivity index is 1.84. The lowest BCUT2D eigenvalue weighted by molar-refractivity contribution is -0.123. The van der Waals surface area contributed by atoms with Gasteiger partial charge in [-0.2, -0.15) is 0 Å². The van der Waals surface area contributed by atoms with Gasteiger partial charge in [0.1, 0.15) is 0 Å². The van der Waals surface area contributed by atoms with Crippen LogP contribution >= 0.6 is 0 Å². The van der Waals surface area contributed by atoms with Crippen molar-refractivity contribution in [2.45, 2.75) is 57.4 Å². The summed E-state index contributed by atoms with van der Waals surface area (Å²) < 4.78 is 22.9. The molecule has 0 aromatic heterocycles. The van der Waals surface area contributed by atoms with E-state index in [9.17, 15) is 13.2 Å². The van der Waals surface area contributed by atoms with Crippen molar-refractivity contribution in [1.82, 2.24) is 5.32 Å². The van der Waals surface area contributed by atoms with Crippen LogP contribution in [0.15, 0.2) is 0 Å². The molecule has 2 rings (SSSR count). The molecule has 18 heavy (non-hydrogen) atoms. The molecular formula is C13H23NO3S. The summed E-state index contributed by atoms with van der Waals surface area (Å²) in [5, 5.41) is 2.94. The molecule has 1 saturated heterocycles. The summed E-state index contributed by atoms with van der Waals surface area (Å²) in [6.07, 6.45) is 7.13. The molecule has 2 fully saturated rings. The lowest BCUT2D eigenvalue weighted by Gasteiger charge is -2.26. The highest BCUT2D eigenvalue weighted by molar-refractivity contribution is 7.91. The van der Waals surface area contributed by atoms with Crippen LogP contribution in [0.4, 0.5) is 0 Å². The first-order chi connectivity index (χ1) is 8.39. The Hall–Kier alpha value is -0.580. The number of hydrogen-bond donors (Lipinski definition) is 1. The summed E-state index contributed by atoms with van der Waals surface area (Å²) >= 11 is 0. The second-order valence-corrected chi connectivity index (χ2v) is 8.34. The standard InChI is InChI=1S/C13H23NO3S/c1-13(7-8-18(16,17)10-13)14-12(15)9-11-5-3-2-4-6-11/h11H,2-10H2,1H3,(H,14,15)/t13-/m0/s1. The molecule has 1 aliphatic carbocycles. The molecule has 1 saturated carbocycles. The molecule has 0 spiro atoms.